The highest BCUT2D eigenvalue weighted by Gasteiger charge is 1.88. The number of nitrogens with one attached hydrogen (secondary N) is 1. The molecule has 1 rings (SSSR count). The van der Waals surface area contributed by atoms with Gasteiger partial charge in [0.2, 0.25) is 0 Å². The summed E-state index contributed by atoms with van der Waals surface area (Å²) in [6.07, 6.45) is 0.960. The van der Waals surface area contributed by atoms with Crippen molar-refractivity contribution in [1.29, 1.82) is 0 Å². The van der Waals surface area contributed by atoms with Crippen molar-refractivity contribution < 1.29 is 0 Å². The van der Waals surface area contributed by atoms with E-state index >= 15 is 0 Å². The van der Waals surface area contributed by atoms with Crippen LogP contribution in [0, 0.1) is 0 Å². The van der Waals surface area contributed by atoms with E-state index in [0.717, 1.165) is 13.0 Å². The zero-order chi connectivity index (χ0) is 8.65. The molecule has 1 N–H and O–H groups in total. The number of nitrogens with zero attached hydrogens (tertiary/aromatic N) is 1. The van der Waals surface area contributed by atoms with Gasteiger partial charge in [0, 0.05) is 6.54 Å². The molecule has 0 aliphatic carbocycles. The molecule has 12 heavy (non-hydrogen) atoms. The minimum atomic E-state index is 0.799. The Balaban J connectivity index is 2.29. The van der Waals surface area contributed by atoms with Crippen molar-refractivity contribution in [1.82, 2.24) is 5.43 Å². The summed E-state index contributed by atoms with van der Waals surface area (Å²) in [5.74, 6) is 0. The average molecular weight is 178 g/mol. The third-order valence-electron chi connectivity index (χ3n) is 1.49. The maximum absolute atomic E-state index is 4.40. The fraction of sp³-hybridized carbons (Fsp3) is 0.222. The van der Waals surface area contributed by atoms with Crippen LogP contribution < -0.4 is 5.43 Å². The number of hydrogen-bond donors (Lipinski definition) is 1. The van der Waals surface area contributed by atoms with Crippen LogP contribution in [0.15, 0.2) is 35.4 Å². The molecule has 0 spiro atoms. The summed E-state index contributed by atoms with van der Waals surface area (Å²) in [4.78, 5) is 0. The van der Waals surface area contributed by atoms with Crippen LogP contribution in [-0.4, -0.2) is 11.7 Å². The van der Waals surface area contributed by atoms with Crippen LogP contribution in [0.1, 0.15) is 5.56 Å². The molecule has 0 amide bonds. The normalized spacial score (nSPS) is 8.67. The molecule has 0 aliphatic heterocycles. The van der Waals surface area contributed by atoms with Gasteiger partial charge in [0.15, 0.2) is 0 Å². The van der Waals surface area contributed by atoms with Gasteiger partial charge in [0.25, 0.3) is 0 Å². The number of thiocarbonyl (C=S) groups is 1. The lowest BCUT2D eigenvalue weighted by Crippen LogP contribution is -2.09. The molecule has 0 bridgehead atoms. The topological polar surface area (TPSA) is 24.4 Å². The molecule has 0 radical (unpaired) electrons. The van der Waals surface area contributed by atoms with E-state index in [0.29, 0.717) is 0 Å². The minimum Gasteiger partial charge on any atom is -0.301 e. The lowest BCUT2D eigenvalue weighted by Gasteiger charge is -1.98. The molecule has 3 heteroatoms. The van der Waals surface area contributed by atoms with E-state index in [4.69, 9.17) is 0 Å². The van der Waals surface area contributed by atoms with Gasteiger partial charge < -0.3 is 5.43 Å². The van der Waals surface area contributed by atoms with Crippen molar-refractivity contribution in [2.24, 2.45) is 5.10 Å². The van der Waals surface area contributed by atoms with Crippen LogP contribution in [0.2, 0.25) is 0 Å². The number of rotatable bonds is 4. The molecule has 62 valence electrons. The third-order valence-corrected chi connectivity index (χ3v) is 1.58. The molecule has 0 fully saturated rings. The Hall–Kier alpha value is -1.18. The predicted molar refractivity (Wildman–Crippen MR) is 53.2 cm³/mol. The number of hydrogen-bond acceptors (Lipinski definition) is 3. The molecule has 0 saturated carbocycles. The van der Waals surface area contributed by atoms with E-state index in [-0.39, 0.29) is 0 Å². The van der Waals surface area contributed by atoms with Crippen LogP contribution >= 0.6 is 12.2 Å². The first-order valence-corrected chi connectivity index (χ1v) is 4.18. The molecule has 0 aliphatic rings. The lowest BCUT2D eigenvalue weighted by molar-refractivity contribution is 0.736. The van der Waals surface area contributed by atoms with E-state index in [9.17, 15) is 0 Å². The Bertz CT molecular complexity index is 265. The monoisotopic (exact) mass is 178 g/mol. The lowest BCUT2D eigenvalue weighted by atomic mass is 10.2. The van der Waals surface area contributed by atoms with Crippen molar-refractivity contribution in [3.63, 3.8) is 0 Å². The highest BCUT2D eigenvalue weighted by Crippen LogP contribution is 1.97. The summed E-state index contributed by atoms with van der Waals surface area (Å²) in [6.45, 7) is 0.799. The van der Waals surface area contributed by atoms with Crippen LogP contribution in [-0.2, 0) is 6.42 Å². The fourth-order valence-electron chi connectivity index (χ4n) is 0.933. The standard InChI is InChI=1S/C9H10N2S/c12-8-11-10-7-6-9-4-2-1-3-5-9/h1-5,10H,6-7H2. The van der Waals surface area contributed by atoms with E-state index in [1.54, 1.807) is 0 Å². The van der Waals surface area contributed by atoms with Crippen molar-refractivity contribution in [2.75, 3.05) is 6.54 Å². The van der Waals surface area contributed by atoms with Gasteiger partial charge in [0.05, 0.1) is 5.16 Å². The molecular formula is C9H10N2S. The fourth-order valence-corrected chi connectivity index (χ4v) is 0.998. The van der Waals surface area contributed by atoms with Crippen LogP contribution in [0.3, 0.4) is 0 Å². The van der Waals surface area contributed by atoms with Crippen LogP contribution in [0.25, 0.3) is 0 Å². The Morgan fingerprint density at radius 1 is 1.33 bits per heavy atom. The van der Waals surface area contributed by atoms with Crippen LogP contribution in [0.5, 0.6) is 0 Å². The highest BCUT2D eigenvalue weighted by molar-refractivity contribution is 7.78. The summed E-state index contributed by atoms with van der Waals surface area (Å²) in [7, 11) is 0. The Morgan fingerprint density at radius 2 is 2.08 bits per heavy atom. The smallest absolute Gasteiger partial charge is 0.0843 e. The second-order valence-electron chi connectivity index (χ2n) is 2.35. The highest BCUT2D eigenvalue weighted by atomic mass is 32.1. The van der Waals surface area contributed by atoms with Gasteiger partial charge >= 0.3 is 0 Å². The van der Waals surface area contributed by atoms with Crippen molar-refractivity contribution >= 4 is 17.4 Å². The first-order valence-electron chi connectivity index (χ1n) is 3.77. The minimum absolute atomic E-state index is 0.799. The third kappa shape index (κ3) is 3.28. The maximum atomic E-state index is 4.40. The maximum Gasteiger partial charge on any atom is 0.0843 e. The van der Waals surface area contributed by atoms with Gasteiger partial charge in [0.1, 0.15) is 0 Å². The van der Waals surface area contributed by atoms with Gasteiger partial charge in [-0.25, -0.2) is 0 Å². The zero-order valence-corrected chi connectivity index (χ0v) is 7.47. The average Bonchev–Trinajstić information content (AvgIpc) is 2.14. The van der Waals surface area contributed by atoms with E-state index in [2.05, 4.69) is 40.0 Å². The summed E-state index contributed by atoms with van der Waals surface area (Å²) < 4.78 is 0. The van der Waals surface area contributed by atoms with E-state index in [1.165, 1.54) is 5.56 Å². The van der Waals surface area contributed by atoms with Crippen molar-refractivity contribution in [2.45, 2.75) is 6.42 Å². The first-order chi connectivity index (χ1) is 5.93. The SMILES string of the molecule is S=C=NNCCc1ccccc1. The summed E-state index contributed by atoms with van der Waals surface area (Å²) in [6, 6.07) is 10.2. The molecule has 1 aromatic carbocycles. The summed E-state index contributed by atoms with van der Waals surface area (Å²) in [5.41, 5.74) is 4.09. The number of benzene rings is 1. The molecular weight excluding hydrogens is 168 g/mol. The second-order valence-corrected chi connectivity index (χ2v) is 2.53. The largest absolute Gasteiger partial charge is 0.301 e. The van der Waals surface area contributed by atoms with Gasteiger partial charge in [-0.05, 0) is 24.2 Å². The molecule has 2 nitrogen and oxygen atoms in total. The van der Waals surface area contributed by atoms with E-state index < -0.39 is 0 Å². The van der Waals surface area contributed by atoms with Gasteiger partial charge in [-0.15, -0.1) is 5.10 Å². The molecule has 0 atom stereocenters. The second kappa shape index (κ2) is 5.47. The molecule has 0 saturated heterocycles. The molecule has 0 heterocycles. The van der Waals surface area contributed by atoms with Gasteiger partial charge in [-0.3, -0.25) is 0 Å². The summed E-state index contributed by atoms with van der Waals surface area (Å²) in [5, 5.41) is 5.85. The van der Waals surface area contributed by atoms with Gasteiger partial charge in [-0.2, -0.15) is 0 Å². The van der Waals surface area contributed by atoms with Crippen LogP contribution in [0.4, 0.5) is 0 Å². The van der Waals surface area contributed by atoms with Crippen molar-refractivity contribution in [3.05, 3.63) is 35.9 Å². The quantitative estimate of drug-likeness (QED) is 0.329. The molecule has 0 unspecified atom stereocenters. The molecule has 1 aromatic rings. The summed E-state index contributed by atoms with van der Waals surface area (Å²) >= 11 is 4.40. The molecule has 0 aromatic heterocycles. The Morgan fingerprint density at radius 3 is 2.75 bits per heavy atom. The predicted octanol–water partition coefficient (Wildman–Crippen LogP) is 1.84. The Kier molecular flexibility index (Phi) is 4.06. The number of hydrazone groups is 1. The van der Waals surface area contributed by atoms with Crippen molar-refractivity contribution in [3.8, 4) is 0 Å². The van der Waals surface area contributed by atoms with E-state index in [1.807, 2.05) is 18.2 Å². The first kappa shape index (κ1) is 8.91. The zero-order valence-electron chi connectivity index (χ0n) is 6.66. The van der Waals surface area contributed by atoms with Gasteiger partial charge in [-0.1, -0.05) is 30.3 Å². The number of isothiocyanates is 1. The Labute approximate surface area is 77.3 Å².